The molecule has 1 saturated heterocycles. The van der Waals surface area contributed by atoms with Gasteiger partial charge in [-0.3, -0.25) is 0 Å². The van der Waals surface area contributed by atoms with Gasteiger partial charge in [-0.1, -0.05) is 19.3 Å². The Kier molecular flexibility index (Phi) is 4.67. The summed E-state index contributed by atoms with van der Waals surface area (Å²) in [5, 5.41) is 3.64. The summed E-state index contributed by atoms with van der Waals surface area (Å²) in [6.45, 7) is 0.986. The standard InChI is InChI=1S/C14H23N5O3S/c1-17(12-7-3-2-4-8-12)14(20)19-11-15-13(16-19)23(21,22)18-9-5-6-10-18/h11-12H,2-10H2,1H3. The number of nitrogens with zero attached hydrogens (tertiary/aromatic N) is 5. The van der Waals surface area contributed by atoms with Gasteiger partial charge in [-0.15, -0.1) is 5.10 Å². The first-order chi connectivity index (χ1) is 11.0. The Morgan fingerprint density at radius 3 is 2.48 bits per heavy atom. The first kappa shape index (κ1) is 16.4. The molecule has 0 bridgehead atoms. The molecule has 1 saturated carbocycles. The molecule has 1 aromatic heterocycles. The average molecular weight is 341 g/mol. The monoisotopic (exact) mass is 341 g/mol. The molecule has 1 aliphatic heterocycles. The van der Waals surface area contributed by atoms with Gasteiger partial charge < -0.3 is 4.90 Å². The number of carbonyl (C=O) groups is 1. The van der Waals surface area contributed by atoms with E-state index in [1.807, 2.05) is 0 Å². The Balaban J connectivity index is 1.74. The number of aromatic nitrogens is 3. The van der Waals surface area contributed by atoms with Crippen LogP contribution in [0, 0.1) is 0 Å². The SMILES string of the molecule is CN(C(=O)n1cnc(S(=O)(=O)N2CCCC2)n1)C1CCCCC1. The third kappa shape index (κ3) is 3.25. The van der Waals surface area contributed by atoms with Crippen molar-refractivity contribution >= 4 is 16.1 Å². The van der Waals surface area contributed by atoms with Gasteiger partial charge in [0.05, 0.1) is 0 Å². The maximum absolute atomic E-state index is 12.5. The molecule has 2 heterocycles. The fourth-order valence-electron chi connectivity index (χ4n) is 3.29. The van der Waals surface area contributed by atoms with Gasteiger partial charge in [0.15, 0.2) is 0 Å². The van der Waals surface area contributed by atoms with Crippen LogP contribution < -0.4 is 0 Å². The first-order valence-corrected chi connectivity index (χ1v) is 9.63. The number of hydrogen-bond donors (Lipinski definition) is 0. The van der Waals surface area contributed by atoms with Gasteiger partial charge >= 0.3 is 6.03 Å². The third-order valence-electron chi connectivity index (χ3n) is 4.73. The predicted molar refractivity (Wildman–Crippen MR) is 83.4 cm³/mol. The van der Waals surface area contributed by atoms with E-state index in [1.54, 1.807) is 11.9 Å². The maximum atomic E-state index is 12.5. The lowest BCUT2D eigenvalue weighted by Crippen LogP contribution is -2.41. The lowest BCUT2D eigenvalue weighted by Gasteiger charge is -2.30. The van der Waals surface area contributed by atoms with Crippen molar-refractivity contribution in [2.45, 2.75) is 56.1 Å². The van der Waals surface area contributed by atoms with Crippen LogP contribution in [-0.2, 0) is 10.0 Å². The number of carbonyl (C=O) groups excluding carboxylic acids is 1. The van der Waals surface area contributed by atoms with Gasteiger partial charge in [-0.2, -0.15) is 8.99 Å². The molecular weight excluding hydrogens is 318 g/mol. The highest BCUT2D eigenvalue weighted by Gasteiger charge is 2.32. The minimum Gasteiger partial charge on any atom is -0.323 e. The molecule has 0 aromatic carbocycles. The van der Waals surface area contributed by atoms with Crippen LogP contribution in [0.2, 0.25) is 0 Å². The second-order valence-corrected chi connectivity index (χ2v) is 8.10. The molecule has 0 spiro atoms. The lowest BCUT2D eigenvalue weighted by molar-refractivity contribution is 0.172. The van der Waals surface area contributed by atoms with E-state index in [4.69, 9.17) is 0 Å². The zero-order chi connectivity index (χ0) is 16.4. The Bertz CT molecular complexity index is 660. The molecular formula is C14H23N5O3S. The van der Waals surface area contributed by atoms with Crippen molar-refractivity contribution in [2.24, 2.45) is 0 Å². The van der Waals surface area contributed by atoms with Crippen LogP contribution >= 0.6 is 0 Å². The van der Waals surface area contributed by atoms with Crippen molar-refractivity contribution in [3.63, 3.8) is 0 Å². The normalized spacial score (nSPS) is 20.7. The molecule has 1 aliphatic carbocycles. The van der Waals surface area contributed by atoms with Crippen LogP contribution in [0.3, 0.4) is 0 Å². The van der Waals surface area contributed by atoms with E-state index in [9.17, 15) is 13.2 Å². The van der Waals surface area contributed by atoms with Gasteiger partial charge in [0, 0.05) is 26.2 Å². The molecule has 2 aliphatic rings. The highest BCUT2D eigenvalue weighted by atomic mass is 32.2. The highest BCUT2D eigenvalue weighted by Crippen LogP contribution is 2.22. The fraction of sp³-hybridized carbons (Fsp3) is 0.786. The predicted octanol–water partition coefficient (Wildman–Crippen LogP) is 1.30. The summed E-state index contributed by atoms with van der Waals surface area (Å²) < 4.78 is 27.2. The molecule has 1 aromatic rings. The van der Waals surface area contributed by atoms with E-state index in [0.717, 1.165) is 43.2 Å². The summed E-state index contributed by atoms with van der Waals surface area (Å²) >= 11 is 0. The van der Waals surface area contributed by atoms with Gasteiger partial charge in [-0.25, -0.2) is 18.2 Å². The van der Waals surface area contributed by atoms with Crippen molar-refractivity contribution in [3.05, 3.63) is 6.33 Å². The van der Waals surface area contributed by atoms with Crippen LogP contribution in [-0.4, -0.2) is 64.6 Å². The minimum atomic E-state index is -3.68. The Morgan fingerprint density at radius 2 is 1.83 bits per heavy atom. The largest absolute Gasteiger partial charge is 0.346 e. The molecule has 0 atom stereocenters. The quantitative estimate of drug-likeness (QED) is 0.827. The third-order valence-corrected chi connectivity index (χ3v) is 6.42. The number of sulfonamides is 1. The topological polar surface area (TPSA) is 88.4 Å². The van der Waals surface area contributed by atoms with Crippen molar-refractivity contribution in [3.8, 4) is 0 Å². The summed E-state index contributed by atoms with van der Waals surface area (Å²) in [5.41, 5.74) is 0. The van der Waals surface area contributed by atoms with E-state index in [2.05, 4.69) is 10.1 Å². The minimum absolute atomic E-state index is 0.194. The second kappa shape index (κ2) is 6.56. The zero-order valence-corrected chi connectivity index (χ0v) is 14.2. The number of rotatable bonds is 3. The smallest absolute Gasteiger partial charge is 0.323 e. The molecule has 9 heteroatoms. The lowest BCUT2D eigenvalue weighted by atomic mass is 9.95. The van der Waals surface area contributed by atoms with Crippen LogP contribution in [0.15, 0.2) is 11.5 Å². The summed E-state index contributed by atoms with van der Waals surface area (Å²) in [4.78, 5) is 18.0. The summed E-state index contributed by atoms with van der Waals surface area (Å²) in [7, 11) is -1.94. The van der Waals surface area contributed by atoms with Crippen LogP contribution in [0.25, 0.3) is 0 Å². The van der Waals surface area contributed by atoms with E-state index in [0.29, 0.717) is 13.1 Å². The van der Waals surface area contributed by atoms with Gasteiger partial charge in [0.25, 0.3) is 15.2 Å². The van der Waals surface area contributed by atoms with E-state index in [1.165, 1.54) is 17.1 Å². The van der Waals surface area contributed by atoms with Gasteiger partial charge in [0.1, 0.15) is 6.33 Å². The maximum Gasteiger partial charge on any atom is 0.346 e. The first-order valence-electron chi connectivity index (χ1n) is 8.19. The van der Waals surface area contributed by atoms with Crippen LogP contribution in [0.4, 0.5) is 4.79 Å². The number of amides is 1. The molecule has 1 amide bonds. The highest BCUT2D eigenvalue weighted by molar-refractivity contribution is 7.88. The molecule has 3 rings (SSSR count). The Morgan fingerprint density at radius 1 is 1.17 bits per heavy atom. The average Bonchev–Trinajstić information content (AvgIpc) is 3.26. The van der Waals surface area contributed by atoms with Gasteiger partial charge in [-0.05, 0) is 25.7 Å². The summed E-state index contributed by atoms with van der Waals surface area (Å²) in [6.07, 6.45) is 8.31. The van der Waals surface area contributed by atoms with E-state index in [-0.39, 0.29) is 17.2 Å². The van der Waals surface area contributed by atoms with Crippen molar-refractivity contribution in [1.29, 1.82) is 0 Å². The molecule has 0 radical (unpaired) electrons. The molecule has 8 nitrogen and oxygen atoms in total. The van der Waals surface area contributed by atoms with Crippen molar-refractivity contribution in [2.75, 3.05) is 20.1 Å². The fourth-order valence-corrected chi connectivity index (χ4v) is 4.63. The Hall–Kier alpha value is -1.48. The van der Waals surface area contributed by atoms with E-state index >= 15 is 0 Å². The van der Waals surface area contributed by atoms with Crippen molar-refractivity contribution in [1.82, 2.24) is 24.0 Å². The summed E-state index contributed by atoms with van der Waals surface area (Å²) in [6, 6.07) is -0.133. The van der Waals surface area contributed by atoms with Crippen molar-refractivity contribution < 1.29 is 13.2 Å². The molecule has 128 valence electrons. The molecule has 0 unspecified atom stereocenters. The van der Waals surface area contributed by atoms with Crippen LogP contribution in [0.5, 0.6) is 0 Å². The van der Waals surface area contributed by atoms with Gasteiger partial charge in [0.2, 0.25) is 0 Å². The molecule has 0 N–H and O–H groups in total. The molecule has 2 fully saturated rings. The van der Waals surface area contributed by atoms with Crippen LogP contribution in [0.1, 0.15) is 44.9 Å². The zero-order valence-electron chi connectivity index (χ0n) is 13.4. The summed E-state index contributed by atoms with van der Waals surface area (Å²) in [5.74, 6) is 0. The second-order valence-electron chi connectivity index (χ2n) is 6.27. The Labute approximate surface area is 136 Å². The number of hydrogen-bond acceptors (Lipinski definition) is 5. The van der Waals surface area contributed by atoms with E-state index < -0.39 is 10.0 Å². The molecule has 23 heavy (non-hydrogen) atoms.